The van der Waals surface area contributed by atoms with Crippen LogP contribution in [0, 0.1) is 0 Å². The van der Waals surface area contributed by atoms with Crippen LogP contribution >= 0.6 is 11.6 Å². The zero-order valence-electron chi connectivity index (χ0n) is 17.6. The van der Waals surface area contributed by atoms with Crippen LogP contribution < -0.4 is 5.32 Å². The normalized spacial score (nSPS) is 16.0. The number of carbonyl (C=O) groups excluding carboxylic acids is 3. The number of nitrogens with zero attached hydrogens (tertiary/aromatic N) is 2. The fourth-order valence-electron chi connectivity index (χ4n) is 3.41. The Balaban J connectivity index is 1.80. The third kappa shape index (κ3) is 7.27. The average Bonchev–Trinajstić information content (AvgIpc) is 2.74. The first-order chi connectivity index (χ1) is 14.5. The van der Waals surface area contributed by atoms with Crippen molar-refractivity contribution in [2.24, 2.45) is 0 Å². The molecule has 0 spiro atoms. The minimum atomic E-state index is -0.567. The van der Waals surface area contributed by atoms with Gasteiger partial charge in [0.1, 0.15) is 6.04 Å². The minimum absolute atomic E-state index is 0.0806. The van der Waals surface area contributed by atoms with Crippen LogP contribution in [-0.4, -0.2) is 80.6 Å². The van der Waals surface area contributed by atoms with E-state index in [1.54, 1.807) is 13.0 Å². The van der Waals surface area contributed by atoms with E-state index in [1.807, 2.05) is 28.0 Å². The molecule has 0 unspecified atom stereocenters. The van der Waals surface area contributed by atoms with E-state index in [0.717, 1.165) is 5.56 Å². The van der Waals surface area contributed by atoms with Gasteiger partial charge in [0.15, 0.2) is 0 Å². The molecule has 166 valence electrons. The Bertz CT molecular complexity index is 722. The van der Waals surface area contributed by atoms with E-state index in [1.165, 1.54) is 7.11 Å². The molecule has 30 heavy (non-hydrogen) atoms. The molecule has 1 atom stereocenters. The molecule has 2 rings (SSSR count). The van der Waals surface area contributed by atoms with Gasteiger partial charge in [-0.2, -0.15) is 0 Å². The van der Waals surface area contributed by atoms with Crippen molar-refractivity contribution in [3.05, 3.63) is 34.9 Å². The van der Waals surface area contributed by atoms with Gasteiger partial charge < -0.3 is 14.8 Å². The highest BCUT2D eigenvalue weighted by Gasteiger charge is 2.32. The number of rotatable bonds is 10. The van der Waals surface area contributed by atoms with Crippen molar-refractivity contribution in [2.75, 3.05) is 53.0 Å². The highest BCUT2D eigenvalue weighted by atomic mass is 35.5. The molecule has 9 heteroatoms. The molecule has 1 aromatic rings. The van der Waals surface area contributed by atoms with Crippen LogP contribution in [0.5, 0.6) is 0 Å². The zero-order valence-corrected chi connectivity index (χ0v) is 18.3. The van der Waals surface area contributed by atoms with E-state index < -0.39 is 6.04 Å². The lowest BCUT2D eigenvalue weighted by molar-refractivity contribution is -0.148. The Labute approximate surface area is 182 Å². The summed E-state index contributed by atoms with van der Waals surface area (Å²) in [6, 6.07) is 6.70. The zero-order chi connectivity index (χ0) is 21.9. The summed E-state index contributed by atoms with van der Waals surface area (Å²) in [7, 11) is 1.37. The Morgan fingerprint density at radius 2 is 1.87 bits per heavy atom. The SMILES string of the molecule is CCOC(=O)CCCNC(=O)CN1CCN([C@@H](C(=O)OC)c2ccccc2Cl)CC1. The second kappa shape index (κ2) is 12.5. The van der Waals surface area contributed by atoms with E-state index in [0.29, 0.717) is 57.2 Å². The van der Waals surface area contributed by atoms with Gasteiger partial charge in [0.05, 0.1) is 20.3 Å². The quantitative estimate of drug-likeness (QED) is 0.438. The monoisotopic (exact) mass is 439 g/mol. The van der Waals surface area contributed by atoms with Crippen molar-refractivity contribution in [1.29, 1.82) is 0 Å². The smallest absolute Gasteiger partial charge is 0.327 e. The van der Waals surface area contributed by atoms with Gasteiger partial charge in [0.25, 0.3) is 0 Å². The molecular weight excluding hydrogens is 410 g/mol. The van der Waals surface area contributed by atoms with E-state index in [9.17, 15) is 14.4 Å². The number of methoxy groups -OCH3 is 1. The number of benzene rings is 1. The highest BCUT2D eigenvalue weighted by Crippen LogP contribution is 2.29. The topological polar surface area (TPSA) is 88.2 Å². The van der Waals surface area contributed by atoms with Crippen molar-refractivity contribution >= 4 is 29.4 Å². The van der Waals surface area contributed by atoms with E-state index >= 15 is 0 Å². The lowest BCUT2D eigenvalue weighted by Crippen LogP contribution is -2.51. The number of hydrogen-bond donors (Lipinski definition) is 1. The molecule has 1 N–H and O–H groups in total. The Hall–Kier alpha value is -2.16. The summed E-state index contributed by atoms with van der Waals surface area (Å²) in [5.41, 5.74) is 0.721. The molecule has 0 bridgehead atoms. The standard InChI is InChI=1S/C21H30ClN3O5/c1-3-30-19(27)9-6-10-23-18(26)15-24-11-13-25(14-12-24)20(21(28)29-2)16-7-4-5-8-17(16)22/h4-5,7-8,20H,3,6,9-15H2,1-2H3,(H,23,26)/t20-/m1/s1. The highest BCUT2D eigenvalue weighted by molar-refractivity contribution is 6.31. The van der Waals surface area contributed by atoms with Crippen LogP contribution in [0.15, 0.2) is 24.3 Å². The van der Waals surface area contributed by atoms with E-state index in [4.69, 9.17) is 21.1 Å². The second-order valence-corrected chi connectivity index (χ2v) is 7.43. The molecule has 1 aliphatic heterocycles. The number of esters is 2. The minimum Gasteiger partial charge on any atom is -0.468 e. The molecule has 0 radical (unpaired) electrons. The van der Waals surface area contributed by atoms with Crippen molar-refractivity contribution in [2.45, 2.75) is 25.8 Å². The molecule has 1 amide bonds. The largest absolute Gasteiger partial charge is 0.468 e. The first-order valence-corrected chi connectivity index (χ1v) is 10.5. The molecular formula is C21H30ClN3O5. The van der Waals surface area contributed by atoms with Crippen molar-refractivity contribution in [3.63, 3.8) is 0 Å². The van der Waals surface area contributed by atoms with Gasteiger partial charge in [-0.25, -0.2) is 4.79 Å². The predicted octanol–water partition coefficient (Wildman–Crippen LogP) is 1.63. The molecule has 1 fully saturated rings. The molecule has 1 saturated heterocycles. The third-order valence-electron chi connectivity index (χ3n) is 4.95. The summed E-state index contributed by atoms with van der Waals surface area (Å²) in [4.78, 5) is 39.9. The maximum absolute atomic E-state index is 12.4. The van der Waals surface area contributed by atoms with Crippen molar-refractivity contribution in [3.8, 4) is 0 Å². The number of carbonyl (C=O) groups is 3. The Kier molecular flexibility index (Phi) is 10.1. The van der Waals surface area contributed by atoms with Crippen LogP contribution in [-0.2, 0) is 23.9 Å². The van der Waals surface area contributed by atoms with Crippen LogP contribution in [0.2, 0.25) is 5.02 Å². The van der Waals surface area contributed by atoms with Gasteiger partial charge in [-0.3, -0.25) is 19.4 Å². The lowest BCUT2D eigenvalue weighted by atomic mass is 10.0. The average molecular weight is 440 g/mol. The summed E-state index contributed by atoms with van der Waals surface area (Å²) in [6.45, 7) is 5.37. The third-order valence-corrected chi connectivity index (χ3v) is 5.29. The van der Waals surface area contributed by atoms with Gasteiger partial charge in [0, 0.05) is 44.2 Å². The van der Waals surface area contributed by atoms with E-state index in [-0.39, 0.29) is 24.4 Å². The maximum atomic E-state index is 12.4. The molecule has 0 saturated carbocycles. The van der Waals surface area contributed by atoms with Crippen molar-refractivity contribution in [1.82, 2.24) is 15.1 Å². The number of halogens is 1. The molecule has 0 aliphatic carbocycles. The Morgan fingerprint density at radius 1 is 1.17 bits per heavy atom. The van der Waals surface area contributed by atoms with Gasteiger partial charge in [-0.15, -0.1) is 0 Å². The van der Waals surface area contributed by atoms with E-state index in [2.05, 4.69) is 5.32 Å². The number of piperazine rings is 1. The summed E-state index contributed by atoms with van der Waals surface area (Å²) in [5.74, 6) is -0.680. The summed E-state index contributed by atoms with van der Waals surface area (Å²) < 4.78 is 9.86. The summed E-state index contributed by atoms with van der Waals surface area (Å²) in [5, 5.41) is 3.35. The first kappa shape index (κ1) is 24.1. The lowest BCUT2D eigenvalue weighted by Gasteiger charge is -2.38. The van der Waals surface area contributed by atoms with Gasteiger partial charge in [-0.05, 0) is 25.0 Å². The first-order valence-electron chi connectivity index (χ1n) is 10.2. The molecule has 1 heterocycles. The fourth-order valence-corrected chi connectivity index (χ4v) is 3.65. The predicted molar refractivity (Wildman–Crippen MR) is 113 cm³/mol. The van der Waals surface area contributed by atoms with Gasteiger partial charge >= 0.3 is 11.9 Å². The Morgan fingerprint density at radius 3 is 2.50 bits per heavy atom. The molecule has 0 aromatic heterocycles. The van der Waals surface area contributed by atoms with Crippen LogP contribution in [0.1, 0.15) is 31.4 Å². The molecule has 1 aliphatic rings. The number of ether oxygens (including phenoxy) is 2. The van der Waals surface area contributed by atoms with Crippen LogP contribution in [0.25, 0.3) is 0 Å². The maximum Gasteiger partial charge on any atom is 0.327 e. The fraction of sp³-hybridized carbons (Fsp3) is 0.571. The van der Waals surface area contributed by atoms with Crippen LogP contribution in [0.4, 0.5) is 0 Å². The summed E-state index contributed by atoms with van der Waals surface area (Å²) in [6.07, 6.45) is 0.848. The number of nitrogens with one attached hydrogen (secondary N) is 1. The summed E-state index contributed by atoms with van der Waals surface area (Å²) >= 11 is 6.31. The number of hydrogen-bond acceptors (Lipinski definition) is 7. The number of amides is 1. The van der Waals surface area contributed by atoms with Crippen LogP contribution in [0.3, 0.4) is 0 Å². The van der Waals surface area contributed by atoms with Gasteiger partial charge in [0.2, 0.25) is 5.91 Å². The molecule has 8 nitrogen and oxygen atoms in total. The second-order valence-electron chi connectivity index (χ2n) is 7.02. The molecule has 1 aromatic carbocycles. The van der Waals surface area contributed by atoms with Crippen molar-refractivity contribution < 1.29 is 23.9 Å². The van der Waals surface area contributed by atoms with Gasteiger partial charge in [-0.1, -0.05) is 29.8 Å².